The predicted octanol–water partition coefficient (Wildman–Crippen LogP) is 4.08. The molecule has 1 aromatic carbocycles. The Balaban J connectivity index is 2.01. The van der Waals surface area contributed by atoms with Gasteiger partial charge in [0.05, 0.1) is 33.0 Å². The summed E-state index contributed by atoms with van der Waals surface area (Å²) in [6.45, 7) is 15.9. The van der Waals surface area contributed by atoms with E-state index in [1.54, 1.807) is 12.1 Å². The van der Waals surface area contributed by atoms with Gasteiger partial charge in [-0.2, -0.15) is 0 Å². The van der Waals surface area contributed by atoms with Crippen LogP contribution in [0.3, 0.4) is 0 Å². The SMILES string of the molecule is CC(=O)Nc1ccc(OCCOCCOCCO[Si](C)(C)C(C)(C)C)cc1. The van der Waals surface area contributed by atoms with E-state index in [-0.39, 0.29) is 10.9 Å². The van der Waals surface area contributed by atoms with Crippen molar-refractivity contribution < 1.29 is 23.4 Å². The van der Waals surface area contributed by atoms with Gasteiger partial charge < -0.3 is 24.0 Å². The fourth-order valence-corrected chi connectivity index (χ4v) is 2.98. The number of nitrogens with one attached hydrogen (secondary N) is 1. The first-order valence-corrected chi connectivity index (χ1v) is 12.3. The van der Waals surface area contributed by atoms with Gasteiger partial charge in [-0.25, -0.2) is 0 Å². The van der Waals surface area contributed by atoms with Gasteiger partial charge in [-0.05, 0) is 42.4 Å². The second kappa shape index (κ2) is 11.4. The maximum absolute atomic E-state index is 11.0. The van der Waals surface area contributed by atoms with Gasteiger partial charge in [0.25, 0.3) is 0 Å². The van der Waals surface area contributed by atoms with Crippen LogP contribution >= 0.6 is 0 Å². The van der Waals surface area contributed by atoms with Crippen LogP contribution in [-0.2, 0) is 18.7 Å². The molecule has 0 aliphatic heterocycles. The number of carbonyl (C=O) groups is 1. The molecule has 0 aliphatic rings. The second-order valence-corrected chi connectivity index (χ2v) is 12.7. The smallest absolute Gasteiger partial charge is 0.221 e. The van der Waals surface area contributed by atoms with Crippen LogP contribution in [0.1, 0.15) is 27.7 Å². The Morgan fingerprint density at radius 2 is 1.44 bits per heavy atom. The van der Waals surface area contributed by atoms with Crippen molar-refractivity contribution in [3.8, 4) is 5.75 Å². The minimum Gasteiger partial charge on any atom is -0.491 e. The number of benzene rings is 1. The molecule has 7 heteroatoms. The lowest BCUT2D eigenvalue weighted by molar-refractivity contribution is -0.114. The van der Waals surface area contributed by atoms with Crippen LogP contribution in [0.2, 0.25) is 18.1 Å². The Hall–Kier alpha value is -1.41. The number of rotatable bonds is 12. The van der Waals surface area contributed by atoms with E-state index in [4.69, 9.17) is 18.6 Å². The molecule has 1 aromatic rings. The lowest BCUT2D eigenvalue weighted by Crippen LogP contribution is -2.41. The third kappa shape index (κ3) is 9.90. The average molecular weight is 398 g/mol. The van der Waals surface area contributed by atoms with E-state index in [0.717, 1.165) is 11.4 Å². The van der Waals surface area contributed by atoms with Crippen LogP contribution in [0.5, 0.6) is 5.75 Å². The Kier molecular flexibility index (Phi) is 10.0. The molecule has 0 atom stereocenters. The minimum absolute atomic E-state index is 0.0918. The lowest BCUT2D eigenvalue weighted by atomic mass is 10.2. The summed E-state index contributed by atoms with van der Waals surface area (Å²) in [6.07, 6.45) is 0. The highest BCUT2D eigenvalue weighted by Crippen LogP contribution is 2.36. The molecular formula is C20H35NO5Si. The molecule has 154 valence electrons. The van der Waals surface area contributed by atoms with E-state index < -0.39 is 8.32 Å². The highest BCUT2D eigenvalue weighted by molar-refractivity contribution is 6.74. The minimum atomic E-state index is -1.68. The number of hydrogen-bond donors (Lipinski definition) is 1. The number of anilines is 1. The van der Waals surface area contributed by atoms with Gasteiger partial charge in [-0.1, -0.05) is 20.8 Å². The topological polar surface area (TPSA) is 66.0 Å². The predicted molar refractivity (Wildman–Crippen MR) is 111 cm³/mol. The summed E-state index contributed by atoms with van der Waals surface area (Å²) >= 11 is 0. The van der Waals surface area contributed by atoms with E-state index in [9.17, 15) is 4.79 Å². The number of amides is 1. The maximum atomic E-state index is 11.0. The average Bonchev–Trinajstić information content (AvgIpc) is 2.56. The van der Waals surface area contributed by atoms with Crippen LogP contribution in [0.15, 0.2) is 24.3 Å². The van der Waals surface area contributed by atoms with Crippen molar-refractivity contribution in [3.63, 3.8) is 0 Å². The molecule has 0 heterocycles. The quantitative estimate of drug-likeness (QED) is 0.425. The molecule has 0 aliphatic carbocycles. The van der Waals surface area contributed by atoms with Crippen molar-refractivity contribution in [2.45, 2.75) is 45.8 Å². The summed E-state index contributed by atoms with van der Waals surface area (Å²) in [6, 6.07) is 7.24. The van der Waals surface area contributed by atoms with Crippen molar-refractivity contribution in [1.82, 2.24) is 0 Å². The van der Waals surface area contributed by atoms with E-state index in [1.165, 1.54) is 6.92 Å². The summed E-state index contributed by atoms with van der Waals surface area (Å²) in [5.41, 5.74) is 0.751. The summed E-state index contributed by atoms with van der Waals surface area (Å²) < 4.78 is 22.7. The molecule has 1 N–H and O–H groups in total. The fraction of sp³-hybridized carbons (Fsp3) is 0.650. The van der Waals surface area contributed by atoms with Gasteiger partial charge in [-0.15, -0.1) is 0 Å². The number of carbonyl (C=O) groups excluding carboxylic acids is 1. The van der Waals surface area contributed by atoms with Crippen molar-refractivity contribution in [3.05, 3.63) is 24.3 Å². The molecule has 0 bridgehead atoms. The van der Waals surface area contributed by atoms with Crippen LogP contribution in [0.4, 0.5) is 5.69 Å². The molecule has 0 unspecified atom stereocenters. The monoisotopic (exact) mass is 397 g/mol. The largest absolute Gasteiger partial charge is 0.491 e. The van der Waals surface area contributed by atoms with Gasteiger partial charge in [0, 0.05) is 12.6 Å². The molecule has 0 aromatic heterocycles. The fourth-order valence-electron chi connectivity index (χ4n) is 1.95. The van der Waals surface area contributed by atoms with E-state index in [2.05, 4.69) is 39.2 Å². The molecule has 0 saturated heterocycles. The first-order valence-electron chi connectivity index (χ1n) is 9.42. The Labute approximate surface area is 164 Å². The van der Waals surface area contributed by atoms with Crippen LogP contribution in [0, 0.1) is 0 Å². The van der Waals surface area contributed by atoms with Gasteiger partial charge in [-0.3, -0.25) is 4.79 Å². The highest BCUT2D eigenvalue weighted by Gasteiger charge is 2.36. The lowest BCUT2D eigenvalue weighted by Gasteiger charge is -2.36. The third-order valence-electron chi connectivity index (χ3n) is 4.54. The molecule has 0 saturated carbocycles. The Bertz CT molecular complexity index is 554. The zero-order chi connectivity index (χ0) is 20.3. The Morgan fingerprint density at radius 3 is 1.96 bits per heavy atom. The maximum Gasteiger partial charge on any atom is 0.221 e. The van der Waals surface area contributed by atoms with Gasteiger partial charge in [0.2, 0.25) is 5.91 Å². The zero-order valence-corrected chi connectivity index (χ0v) is 18.6. The first kappa shape index (κ1) is 23.6. The molecule has 0 fully saturated rings. The van der Waals surface area contributed by atoms with Crippen molar-refractivity contribution in [2.75, 3.05) is 45.0 Å². The Morgan fingerprint density at radius 1 is 0.926 bits per heavy atom. The normalized spacial score (nSPS) is 12.1. The number of ether oxygens (including phenoxy) is 3. The molecule has 1 rings (SSSR count). The first-order chi connectivity index (χ1) is 12.6. The van der Waals surface area contributed by atoms with Crippen LogP contribution in [0.25, 0.3) is 0 Å². The standard InChI is InChI=1S/C20H35NO5Si/c1-17(22)21-18-7-9-19(10-8-18)25-15-13-23-11-12-24-14-16-26-27(5,6)20(2,3)4/h7-10H,11-16H2,1-6H3,(H,21,22). The van der Waals surface area contributed by atoms with Gasteiger partial charge >= 0.3 is 0 Å². The van der Waals surface area contributed by atoms with Gasteiger partial charge in [0.1, 0.15) is 12.4 Å². The summed E-state index contributed by atoms with van der Waals surface area (Å²) in [4.78, 5) is 11.0. The second-order valence-electron chi connectivity index (χ2n) is 7.89. The zero-order valence-electron chi connectivity index (χ0n) is 17.6. The molecular weight excluding hydrogens is 362 g/mol. The van der Waals surface area contributed by atoms with E-state index in [0.29, 0.717) is 39.6 Å². The van der Waals surface area contributed by atoms with Crippen molar-refractivity contribution in [1.29, 1.82) is 0 Å². The van der Waals surface area contributed by atoms with Gasteiger partial charge in [0.15, 0.2) is 8.32 Å². The molecule has 6 nitrogen and oxygen atoms in total. The molecule has 0 spiro atoms. The molecule has 27 heavy (non-hydrogen) atoms. The van der Waals surface area contributed by atoms with Crippen molar-refractivity contribution in [2.24, 2.45) is 0 Å². The van der Waals surface area contributed by atoms with Crippen LogP contribution < -0.4 is 10.1 Å². The summed E-state index contributed by atoms with van der Waals surface area (Å²) in [5, 5.41) is 2.94. The summed E-state index contributed by atoms with van der Waals surface area (Å²) in [7, 11) is -1.68. The van der Waals surface area contributed by atoms with Crippen molar-refractivity contribution >= 4 is 19.9 Å². The van der Waals surface area contributed by atoms with E-state index in [1.807, 2.05) is 12.1 Å². The summed E-state index contributed by atoms with van der Waals surface area (Å²) in [5.74, 6) is 0.651. The number of hydrogen-bond acceptors (Lipinski definition) is 5. The third-order valence-corrected chi connectivity index (χ3v) is 9.08. The molecule has 1 amide bonds. The van der Waals surface area contributed by atoms with E-state index >= 15 is 0 Å². The molecule has 0 radical (unpaired) electrons. The van der Waals surface area contributed by atoms with Crippen LogP contribution in [-0.4, -0.2) is 53.9 Å². The highest BCUT2D eigenvalue weighted by atomic mass is 28.4.